The maximum atomic E-state index is 15.2. The van der Waals surface area contributed by atoms with Crippen molar-refractivity contribution in [2.45, 2.75) is 38.3 Å². The zero-order valence-electron chi connectivity index (χ0n) is 17.9. The summed E-state index contributed by atoms with van der Waals surface area (Å²) in [5.41, 5.74) is 3.57. The molecule has 0 aliphatic carbocycles. The number of halogens is 1. The largest absolute Gasteiger partial charge is 0.340 e. The van der Waals surface area contributed by atoms with Crippen LogP contribution in [0.5, 0.6) is 0 Å². The number of benzene rings is 1. The molecule has 1 N–H and O–H groups in total. The summed E-state index contributed by atoms with van der Waals surface area (Å²) in [5, 5.41) is 3.34. The minimum atomic E-state index is -0.130. The maximum Gasteiger partial charge on any atom is 0.225 e. The van der Waals surface area contributed by atoms with Gasteiger partial charge in [-0.05, 0) is 62.9 Å². The summed E-state index contributed by atoms with van der Waals surface area (Å²) in [7, 11) is 0. The number of fused-ring (bicyclic) bond motifs is 3. The second-order valence-electron chi connectivity index (χ2n) is 8.90. The SMILES string of the molecule is Fc1cc(Nc2ncnc3c2CCN(c2ncccn2)C3)ccc1C1[C@H]2CCCN1CC2. The molecule has 3 aliphatic heterocycles. The van der Waals surface area contributed by atoms with Crippen LogP contribution in [-0.4, -0.2) is 44.5 Å². The Morgan fingerprint density at radius 2 is 1.91 bits per heavy atom. The van der Waals surface area contributed by atoms with Gasteiger partial charge in [-0.1, -0.05) is 6.07 Å². The van der Waals surface area contributed by atoms with Crippen molar-refractivity contribution in [3.8, 4) is 0 Å². The first kappa shape index (κ1) is 19.5. The topological polar surface area (TPSA) is 70.1 Å². The molecule has 7 nitrogen and oxygen atoms in total. The molecule has 2 saturated heterocycles. The molecule has 0 radical (unpaired) electrons. The number of rotatable bonds is 4. The van der Waals surface area contributed by atoms with E-state index in [0.717, 1.165) is 54.4 Å². The molecule has 0 saturated carbocycles. The lowest BCUT2D eigenvalue weighted by molar-refractivity contribution is 0.173. The maximum absolute atomic E-state index is 15.2. The van der Waals surface area contributed by atoms with Crippen LogP contribution in [0.2, 0.25) is 0 Å². The van der Waals surface area contributed by atoms with Crippen molar-refractivity contribution in [1.82, 2.24) is 24.8 Å². The van der Waals surface area contributed by atoms with Crippen LogP contribution in [0, 0.1) is 11.7 Å². The van der Waals surface area contributed by atoms with E-state index in [-0.39, 0.29) is 11.9 Å². The van der Waals surface area contributed by atoms with Gasteiger partial charge in [-0.2, -0.15) is 0 Å². The van der Waals surface area contributed by atoms with Crippen molar-refractivity contribution in [2.24, 2.45) is 5.92 Å². The number of piperidine rings is 1. The monoisotopic (exact) mass is 431 g/mol. The summed E-state index contributed by atoms with van der Waals surface area (Å²) in [4.78, 5) is 22.2. The van der Waals surface area contributed by atoms with Crippen molar-refractivity contribution in [1.29, 1.82) is 0 Å². The quantitative estimate of drug-likeness (QED) is 0.672. The fraction of sp³-hybridized carbons (Fsp3) is 0.417. The lowest BCUT2D eigenvalue weighted by atomic mass is 9.87. The Morgan fingerprint density at radius 3 is 2.75 bits per heavy atom. The van der Waals surface area contributed by atoms with Crippen LogP contribution in [0.15, 0.2) is 43.0 Å². The summed E-state index contributed by atoms with van der Waals surface area (Å²) in [6, 6.07) is 7.60. The van der Waals surface area contributed by atoms with Crippen LogP contribution in [-0.2, 0) is 13.0 Å². The Morgan fingerprint density at radius 1 is 1.00 bits per heavy atom. The summed E-state index contributed by atoms with van der Waals surface area (Å²) < 4.78 is 15.2. The van der Waals surface area contributed by atoms with E-state index in [9.17, 15) is 0 Å². The molecular formula is C24H26FN7. The molecule has 2 aromatic heterocycles. The lowest BCUT2D eigenvalue weighted by Gasteiger charge is -2.33. The number of hydrogen-bond acceptors (Lipinski definition) is 7. The van der Waals surface area contributed by atoms with Gasteiger partial charge >= 0.3 is 0 Å². The van der Waals surface area contributed by atoms with Gasteiger partial charge in [0.25, 0.3) is 0 Å². The van der Waals surface area contributed by atoms with E-state index in [1.54, 1.807) is 24.8 Å². The highest BCUT2D eigenvalue weighted by Crippen LogP contribution is 2.44. The number of nitrogens with one attached hydrogen (secondary N) is 1. The van der Waals surface area contributed by atoms with Crippen LogP contribution in [0.3, 0.4) is 0 Å². The number of nitrogens with zero attached hydrogens (tertiary/aromatic N) is 6. The first-order chi connectivity index (χ1) is 15.8. The molecule has 0 spiro atoms. The molecule has 164 valence electrons. The molecule has 3 atom stereocenters. The van der Waals surface area contributed by atoms with E-state index < -0.39 is 0 Å². The Hall–Kier alpha value is -3.13. The van der Waals surface area contributed by atoms with Crippen molar-refractivity contribution in [3.05, 3.63) is 65.6 Å². The van der Waals surface area contributed by atoms with Gasteiger partial charge in [0.15, 0.2) is 0 Å². The van der Waals surface area contributed by atoms with Gasteiger partial charge in [0.2, 0.25) is 5.95 Å². The molecule has 2 bridgehead atoms. The highest BCUT2D eigenvalue weighted by molar-refractivity contribution is 5.61. The van der Waals surface area contributed by atoms with Crippen LogP contribution < -0.4 is 10.2 Å². The van der Waals surface area contributed by atoms with Crippen LogP contribution in [0.1, 0.15) is 42.1 Å². The highest BCUT2D eigenvalue weighted by atomic mass is 19.1. The van der Waals surface area contributed by atoms with E-state index in [0.29, 0.717) is 18.4 Å². The van der Waals surface area contributed by atoms with Gasteiger partial charge in [0.1, 0.15) is 18.0 Å². The third kappa shape index (κ3) is 3.48. The number of hydrogen-bond donors (Lipinski definition) is 1. The molecule has 2 unspecified atom stereocenters. The Labute approximate surface area is 186 Å². The van der Waals surface area contributed by atoms with Crippen molar-refractivity contribution in [3.63, 3.8) is 0 Å². The molecule has 3 aliphatic rings. The van der Waals surface area contributed by atoms with Crippen molar-refractivity contribution < 1.29 is 4.39 Å². The summed E-state index contributed by atoms with van der Waals surface area (Å²) in [5.74, 6) is 1.91. The summed E-state index contributed by atoms with van der Waals surface area (Å²) >= 11 is 0. The fourth-order valence-electron chi connectivity index (χ4n) is 5.56. The van der Waals surface area contributed by atoms with Gasteiger partial charge in [-0.25, -0.2) is 24.3 Å². The average molecular weight is 432 g/mol. The van der Waals surface area contributed by atoms with Gasteiger partial charge in [0.05, 0.1) is 12.2 Å². The first-order valence-corrected chi connectivity index (χ1v) is 11.4. The first-order valence-electron chi connectivity index (χ1n) is 11.4. The van der Waals surface area contributed by atoms with Crippen LogP contribution in [0.4, 0.5) is 21.8 Å². The second kappa shape index (κ2) is 8.09. The Bertz CT molecular complexity index is 1110. The fourth-order valence-corrected chi connectivity index (χ4v) is 5.56. The Balaban J connectivity index is 1.22. The van der Waals surface area contributed by atoms with Gasteiger partial charge < -0.3 is 10.2 Å². The van der Waals surface area contributed by atoms with E-state index in [1.165, 1.54) is 19.3 Å². The molecule has 2 fully saturated rings. The van der Waals surface area contributed by atoms with Gasteiger partial charge in [0, 0.05) is 41.8 Å². The predicted molar refractivity (Wildman–Crippen MR) is 120 cm³/mol. The normalized spacial score (nSPS) is 24.3. The number of aromatic nitrogens is 4. The van der Waals surface area contributed by atoms with E-state index in [2.05, 4.69) is 35.1 Å². The standard InChI is InChI=1S/C24H26FN7/c25-20-13-17(4-5-18(20)22-16-3-1-10-31(22)11-6-16)30-23-19-7-12-32(14-21(19)28-15-29-23)24-26-8-2-9-27-24/h2,4-5,8-9,13,15-16,22H,1,3,6-7,10-12,14H2,(H,28,29,30)/t16-,22?/m0/s1. The van der Waals surface area contributed by atoms with Crippen molar-refractivity contribution in [2.75, 3.05) is 29.9 Å². The zero-order chi connectivity index (χ0) is 21.5. The van der Waals surface area contributed by atoms with Crippen LogP contribution >= 0.6 is 0 Å². The lowest BCUT2D eigenvalue weighted by Crippen LogP contribution is -2.33. The summed E-state index contributed by atoms with van der Waals surface area (Å²) in [6.45, 7) is 3.58. The summed E-state index contributed by atoms with van der Waals surface area (Å²) in [6.07, 6.45) is 9.46. The van der Waals surface area contributed by atoms with Crippen molar-refractivity contribution >= 4 is 17.5 Å². The minimum Gasteiger partial charge on any atom is -0.340 e. The molecule has 6 rings (SSSR count). The molecule has 5 heterocycles. The molecule has 3 aromatic rings. The van der Waals surface area contributed by atoms with Gasteiger partial charge in [-0.3, -0.25) is 4.90 Å². The zero-order valence-corrected chi connectivity index (χ0v) is 17.9. The van der Waals surface area contributed by atoms with E-state index in [4.69, 9.17) is 0 Å². The molecule has 0 amide bonds. The van der Waals surface area contributed by atoms with Crippen LogP contribution in [0.25, 0.3) is 0 Å². The van der Waals surface area contributed by atoms with E-state index in [1.807, 2.05) is 18.2 Å². The third-order valence-corrected chi connectivity index (χ3v) is 7.07. The third-order valence-electron chi connectivity index (χ3n) is 7.07. The number of anilines is 3. The molecule has 8 heteroatoms. The van der Waals surface area contributed by atoms with Gasteiger partial charge in [-0.15, -0.1) is 0 Å². The molecule has 32 heavy (non-hydrogen) atoms. The average Bonchev–Trinajstić information content (AvgIpc) is 3.06. The predicted octanol–water partition coefficient (Wildman–Crippen LogP) is 3.87. The highest BCUT2D eigenvalue weighted by Gasteiger charge is 2.39. The molecule has 1 aromatic carbocycles. The Kier molecular flexibility index (Phi) is 4.94. The van der Waals surface area contributed by atoms with E-state index >= 15 is 4.39 Å². The smallest absolute Gasteiger partial charge is 0.225 e. The minimum absolute atomic E-state index is 0.130. The second-order valence-corrected chi connectivity index (χ2v) is 8.90. The molecular weight excluding hydrogens is 405 g/mol.